The minimum Gasteiger partial charge on any atom is -0.391 e. The normalized spacial score (nSPS) is 14.8. The first-order valence-electron chi connectivity index (χ1n) is 28.0. The molecule has 3 N–H and O–H groups in total. The largest absolute Gasteiger partial charge is 0.391 e. The van der Waals surface area contributed by atoms with Gasteiger partial charge in [0.25, 0.3) is 0 Å². The fourth-order valence-corrected chi connectivity index (χ4v) is 28.3. The van der Waals surface area contributed by atoms with E-state index in [2.05, 4.69) is 209 Å². The first-order chi connectivity index (χ1) is 41.3. The molecule has 10 unspecified atom stereocenters. The first kappa shape index (κ1) is 104. The Hall–Kier alpha value is 10.7. The third-order valence-electron chi connectivity index (χ3n) is 9.32. The summed E-state index contributed by atoms with van der Waals surface area (Å²) in [5.41, 5.74) is 0. The predicted molar refractivity (Wildman–Crippen MR) is 502 cm³/mol. The molecule has 10 atom stereocenters. The van der Waals surface area contributed by atoms with Gasteiger partial charge < -0.3 is 15.3 Å². The summed E-state index contributed by atoms with van der Waals surface area (Å²) >= 11 is 97.4. The van der Waals surface area contributed by atoms with E-state index < -0.39 is 0 Å². The molecular formula is C51H112O3S31. The van der Waals surface area contributed by atoms with Crippen LogP contribution in [0, 0.1) is 0 Å². The number of thiol groups is 16. The molecule has 0 aliphatic heterocycles. The van der Waals surface area contributed by atoms with Crippen LogP contribution in [0.2, 0.25) is 0 Å². The Kier molecular flexibility index (Phi) is 111. The SMILES string of the molecule is CCCSCC(O)CSCC(CS)SCCS.OC(CSCCS)CSCC(O)CSCCS.SCCSC(CS)CSCC(CS)SCCS.SCCSCC(CS)SC(CS)CSCCS.SCCSCC(CS)SCC(CS)SCCS. The number of thioether (sulfide) groups is 15. The van der Waals surface area contributed by atoms with Crippen LogP contribution in [0.25, 0.3) is 0 Å². The predicted octanol–water partition coefficient (Wildman–Crippen LogP) is 15.9. The fourth-order valence-electron chi connectivity index (χ4n) is 5.35. The Morgan fingerprint density at radius 1 is 0.224 bits per heavy atom. The molecule has 85 heavy (non-hydrogen) atoms. The Labute approximate surface area is 676 Å². The van der Waals surface area contributed by atoms with E-state index in [1.165, 1.54) is 40.9 Å². The Morgan fingerprint density at radius 3 is 0.694 bits per heavy atom. The highest BCUT2D eigenvalue weighted by molar-refractivity contribution is 8.08. The Morgan fingerprint density at radius 2 is 0.424 bits per heavy atom. The zero-order valence-electron chi connectivity index (χ0n) is 49.7. The summed E-state index contributed by atoms with van der Waals surface area (Å²) < 4.78 is 0. The maximum absolute atomic E-state index is 9.76. The van der Waals surface area contributed by atoms with Crippen LogP contribution in [0.15, 0.2) is 0 Å². The third-order valence-corrected chi connectivity index (χ3v) is 38.9. The van der Waals surface area contributed by atoms with Crippen LogP contribution in [0.3, 0.4) is 0 Å². The van der Waals surface area contributed by atoms with E-state index in [-0.39, 0.29) is 18.3 Å². The van der Waals surface area contributed by atoms with Crippen LogP contribution >= 0.6 is 378 Å². The van der Waals surface area contributed by atoms with Crippen molar-refractivity contribution in [3.8, 4) is 0 Å². The van der Waals surface area contributed by atoms with Gasteiger partial charge >= 0.3 is 0 Å². The van der Waals surface area contributed by atoms with Crippen LogP contribution in [-0.4, -0.2) is 295 Å². The van der Waals surface area contributed by atoms with E-state index in [0.29, 0.717) is 48.3 Å². The molecule has 520 valence electrons. The maximum atomic E-state index is 9.76. The van der Waals surface area contributed by atoms with Gasteiger partial charge in [-0.05, 0) is 63.9 Å². The van der Waals surface area contributed by atoms with Gasteiger partial charge in [-0.15, -0.1) is 0 Å². The molecule has 0 saturated heterocycles. The molecular weight excluding hydrogens is 1650 g/mol. The van der Waals surface area contributed by atoms with Gasteiger partial charge in [-0.25, -0.2) is 0 Å². The van der Waals surface area contributed by atoms with Crippen molar-refractivity contribution >= 4 is 378 Å². The van der Waals surface area contributed by atoms with Gasteiger partial charge in [0.15, 0.2) is 0 Å². The molecule has 0 bridgehead atoms. The van der Waals surface area contributed by atoms with Gasteiger partial charge in [-0.3, -0.25) is 0 Å². The number of aliphatic hydroxyl groups is 3. The minimum atomic E-state index is -0.276. The summed E-state index contributed by atoms with van der Waals surface area (Å²) in [6.07, 6.45) is 0.475. The molecule has 0 heterocycles. The lowest BCUT2D eigenvalue weighted by Crippen LogP contribution is -2.19. The molecule has 0 aromatic rings. The van der Waals surface area contributed by atoms with E-state index in [9.17, 15) is 15.3 Å². The zero-order valence-corrected chi connectivity index (χ0v) is 76.2. The average molecular weight is 1770 g/mol. The van der Waals surface area contributed by atoms with Crippen molar-refractivity contribution in [2.45, 2.75) is 68.4 Å². The van der Waals surface area contributed by atoms with Crippen LogP contribution < -0.4 is 0 Å². The van der Waals surface area contributed by atoms with Crippen molar-refractivity contribution in [1.82, 2.24) is 0 Å². The highest BCUT2D eigenvalue weighted by Gasteiger charge is 2.17. The summed E-state index contributed by atoms with van der Waals surface area (Å²) in [5.74, 6) is 38.8. The average Bonchev–Trinajstić information content (AvgIpc) is 3.51. The molecule has 0 aliphatic rings. The molecule has 0 aliphatic carbocycles. The molecule has 0 rings (SSSR count). The summed E-state index contributed by atoms with van der Waals surface area (Å²) in [6.45, 7) is 2.17. The van der Waals surface area contributed by atoms with Crippen molar-refractivity contribution in [2.24, 2.45) is 0 Å². The fraction of sp³-hybridized carbons (Fsp3) is 1.00. The standard InChI is InChI=1S/C11H24OS5.C10H22O2S5.3C10H22S7/c1-2-4-15-7-10(12)8-16-9-11(6-14)17-5-3-13;11-9(5-15-3-1-13)7-17-8-10(12)6-16-4-2-14;11-1-3-16-9(5-13)7-15-8-10(6-14)17-4-2-12;11-1-3-15-7-9(5-13)17-8-10(6-14)16-4-2-12;11-1-3-15-7-9(5-13)17-10(6-14)8-16-4-2-12/h10-14H,2-9H2,1H3;4*9-14H,1-8H2. The number of hydrogen-bond donors (Lipinski definition) is 19. The van der Waals surface area contributed by atoms with Crippen LogP contribution in [0.1, 0.15) is 13.3 Å². The Balaban J connectivity index is -0.000000314. The summed E-state index contributed by atoms with van der Waals surface area (Å²) in [4.78, 5) is 0. The summed E-state index contributed by atoms with van der Waals surface area (Å²) in [6, 6.07) is 0. The van der Waals surface area contributed by atoms with Gasteiger partial charge in [0, 0.05) is 204 Å². The van der Waals surface area contributed by atoms with Crippen molar-refractivity contribution < 1.29 is 15.3 Å². The van der Waals surface area contributed by atoms with Gasteiger partial charge in [-0.2, -0.15) is 378 Å². The minimum absolute atomic E-state index is 0.160. The number of hydrogen-bond acceptors (Lipinski definition) is 34. The smallest absolute Gasteiger partial charge is 0.0720 e. The van der Waals surface area contributed by atoms with Gasteiger partial charge in [0.2, 0.25) is 0 Å². The van der Waals surface area contributed by atoms with Crippen molar-refractivity contribution in [3.63, 3.8) is 0 Å². The number of aliphatic hydroxyl groups excluding tert-OH is 3. The Bertz CT molecular complexity index is 1140. The van der Waals surface area contributed by atoms with Gasteiger partial charge in [0.05, 0.1) is 18.3 Å². The summed E-state index contributed by atoms with van der Waals surface area (Å²) in [5, 5.41) is 33.5. The van der Waals surface area contributed by atoms with Crippen molar-refractivity contribution in [2.75, 3.05) is 224 Å². The lowest BCUT2D eigenvalue weighted by Gasteiger charge is -2.20. The van der Waals surface area contributed by atoms with E-state index in [1.807, 2.05) is 141 Å². The molecule has 0 radical (unpaired) electrons. The van der Waals surface area contributed by atoms with E-state index in [0.717, 1.165) is 178 Å². The van der Waals surface area contributed by atoms with Crippen molar-refractivity contribution in [3.05, 3.63) is 0 Å². The zero-order chi connectivity index (χ0) is 64.7. The van der Waals surface area contributed by atoms with Crippen LogP contribution in [-0.2, 0) is 0 Å². The molecule has 0 aromatic carbocycles. The monoisotopic (exact) mass is 1760 g/mol. The quantitative estimate of drug-likeness (QED) is 0.0211. The van der Waals surface area contributed by atoms with Crippen LogP contribution in [0.5, 0.6) is 0 Å². The van der Waals surface area contributed by atoms with E-state index >= 15 is 0 Å². The molecule has 34 heteroatoms. The molecule has 0 spiro atoms. The molecule has 0 aromatic heterocycles. The first-order valence-corrected chi connectivity index (χ1v) is 54.7. The van der Waals surface area contributed by atoms with Gasteiger partial charge in [-0.1, -0.05) is 6.92 Å². The highest BCUT2D eigenvalue weighted by atomic mass is 32.2. The summed E-state index contributed by atoms with van der Waals surface area (Å²) in [7, 11) is 0. The second-order valence-electron chi connectivity index (χ2n) is 17.1. The molecule has 0 amide bonds. The second-order valence-corrected chi connectivity index (χ2v) is 42.4. The van der Waals surface area contributed by atoms with Gasteiger partial charge in [0.1, 0.15) is 0 Å². The highest BCUT2D eigenvalue weighted by Crippen LogP contribution is 2.28. The van der Waals surface area contributed by atoms with E-state index in [4.69, 9.17) is 0 Å². The second kappa shape index (κ2) is 90.8. The molecule has 0 saturated carbocycles. The van der Waals surface area contributed by atoms with E-state index in [1.54, 1.807) is 35.3 Å². The van der Waals surface area contributed by atoms with Crippen LogP contribution in [0.4, 0.5) is 0 Å². The lowest BCUT2D eigenvalue weighted by atomic mass is 10.5. The van der Waals surface area contributed by atoms with Crippen molar-refractivity contribution in [1.29, 1.82) is 0 Å². The topological polar surface area (TPSA) is 60.7 Å². The molecule has 3 nitrogen and oxygen atoms in total. The third kappa shape index (κ3) is 85.3. The lowest BCUT2D eigenvalue weighted by molar-refractivity contribution is 0.220. The maximum Gasteiger partial charge on any atom is 0.0720 e. The number of rotatable bonds is 60. The molecule has 0 fully saturated rings.